The lowest BCUT2D eigenvalue weighted by Gasteiger charge is -2.31. The van der Waals surface area contributed by atoms with Gasteiger partial charge in [-0.1, -0.05) is 24.3 Å². The first kappa shape index (κ1) is 35.1. The maximum absolute atomic E-state index is 17.1. The van der Waals surface area contributed by atoms with Gasteiger partial charge >= 0.3 is 18.3 Å². The molecule has 0 radical (unpaired) electrons. The van der Waals surface area contributed by atoms with Gasteiger partial charge in [0.05, 0.1) is 30.6 Å². The summed E-state index contributed by atoms with van der Waals surface area (Å²) in [5.74, 6) is -1.08. The maximum atomic E-state index is 17.1. The number of nitrogens with zero attached hydrogens (tertiary/aromatic N) is 6. The quantitative estimate of drug-likeness (QED) is 0.224. The summed E-state index contributed by atoms with van der Waals surface area (Å²) in [7, 11) is 0. The van der Waals surface area contributed by atoms with Crippen molar-refractivity contribution in [2.75, 3.05) is 57.4 Å². The zero-order valence-corrected chi connectivity index (χ0v) is 29.9. The minimum absolute atomic E-state index is 0.0291. The number of halogens is 3. The van der Waals surface area contributed by atoms with E-state index in [0.717, 1.165) is 19.4 Å². The van der Waals surface area contributed by atoms with E-state index < -0.39 is 47.3 Å². The first-order valence-corrected chi connectivity index (χ1v) is 18.0. The molecule has 280 valence electrons. The highest BCUT2D eigenvalue weighted by atomic mass is 19.1. The Bertz CT molecular complexity index is 2100. The van der Waals surface area contributed by atoms with Gasteiger partial charge in [0, 0.05) is 44.2 Å². The van der Waals surface area contributed by atoms with E-state index in [4.69, 9.17) is 23.9 Å². The maximum Gasteiger partial charge on any atom is 0.508 e. The lowest BCUT2D eigenvalue weighted by Crippen LogP contribution is -2.43. The van der Waals surface area contributed by atoms with Gasteiger partial charge in [-0.05, 0) is 62.6 Å². The normalized spacial score (nSPS) is 23.6. The molecule has 0 spiro atoms. The molecular formula is C38H41F3N6O6. The molecule has 1 amide bonds. The van der Waals surface area contributed by atoms with E-state index in [1.807, 2.05) is 0 Å². The number of hydrogen-bond acceptors (Lipinski definition) is 11. The van der Waals surface area contributed by atoms with Crippen LogP contribution in [0.3, 0.4) is 0 Å². The summed E-state index contributed by atoms with van der Waals surface area (Å²) < 4.78 is 70.4. The number of fused-ring (bicyclic) bond motifs is 6. The molecule has 0 aliphatic carbocycles. The molecule has 0 saturated carbocycles. The Labute approximate surface area is 304 Å². The van der Waals surface area contributed by atoms with Gasteiger partial charge in [0.15, 0.2) is 5.82 Å². The summed E-state index contributed by atoms with van der Waals surface area (Å²) in [4.78, 5) is 45.7. The number of hydrogen-bond donors (Lipinski definition) is 0. The molecule has 6 bridgehead atoms. The van der Waals surface area contributed by atoms with Crippen molar-refractivity contribution in [2.45, 2.75) is 69.9 Å². The van der Waals surface area contributed by atoms with Gasteiger partial charge in [-0.15, -0.1) is 0 Å². The molecule has 1 unspecified atom stereocenters. The first-order chi connectivity index (χ1) is 25.4. The number of amides is 1. The fourth-order valence-corrected chi connectivity index (χ4v) is 8.17. The van der Waals surface area contributed by atoms with Crippen LogP contribution >= 0.6 is 0 Å². The second-order valence-electron chi connectivity index (χ2n) is 15.3. The highest BCUT2D eigenvalue weighted by molar-refractivity contribution is 6.01. The van der Waals surface area contributed by atoms with Crippen LogP contribution in [0.15, 0.2) is 36.5 Å². The number of carbonyl (C=O) groups is 2. The van der Waals surface area contributed by atoms with Gasteiger partial charge in [0.1, 0.15) is 47.3 Å². The Morgan fingerprint density at radius 3 is 2.75 bits per heavy atom. The molecule has 3 atom stereocenters. The third-order valence-corrected chi connectivity index (χ3v) is 10.5. The van der Waals surface area contributed by atoms with Crippen molar-refractivity contribution in [2.24, 2.45) is 0 Å². The summed E-state index contributed by atoms with van der Waals surface area (Å²) in [6.45, 7) is 6.56. The molecule has 53 heavy (non-hydrogen) atoms. The van der Waals surface area contributed by atoms with Crippen LogP contribution in [0.1, 0.15) is 45.6 Å². The molecule has 4 aromatic rings. The first-order valence-electron chi connectivity index (χ1n) is 18.0. The fourth-order valence-electron chi connectivity index (χ4n) is 8.17. The van der Waals surface area contributed by atoms with Crippen LogP contribution in [-0.4, -0.2) is 113 Å². The number of rotatable bonds is 3. The van der Waals surface area contributed by atoms with Gasteiger partial charge in [-0.3, -0.25) is 9.88 Å². The van der Waals surface area contributed by atoms with Crippen molar-refractivity contribution in [3.63, 3.8) is 0 Å². The van der Waals surface area contributed by atoms with Gasteiger partial charge in [0.2, 0.25) is 0 Å². The van der Waals surface area contributed by atoms with Gasteiger partial charge in [-0.2, -0.15) is 9.97 Å². The summed E-state index contributed by atoms with van der Waals surface area (Å²) in [6.07, 6.45) is -0.112. The largest absolute Gasteiger partial charge is 0.508 e. The molecule has 2 aromatic heterocycles. The molecule has 2 aromatic carbocycles. The van der Waals surface area contributed by atoms with Crippen molar-refractivity contribution < 1.29 is 41.7 Å². The number of anilines is 1. The summed E-state index contributed by atoms with van der Waals surface area (Å²) in [5, 5.41) is 1.30. The summed E-state index contributed by atoms with van der Waals surface area (Å²) in [5.41, 5.74) is -0.903. The van der Waals surface area contributed by atoms with Gasteiger partial charge in [-0.25, -0.2) is 22.8 Å². The van der Waals surface area contributed by atoms with E-state index in [1.165, 1.54) is 17.2 Å². The van der Waals surface area contributed by atoms with E-state index >= 15 is 8.78 Å². The Balaban J connectivity index is 1.28. The number of pyridine rings is 1. The molecule has 7 heterocycles. The number of ether oxygens (including phenoxy) is 4. The van der Waals surface area contributed by atoms with Crippen molar-refractivity contribution in [3.8, 4) is 17.3 Å². The zero-order valence-electron chi connectivity index (χ0n) is 29.9. The number of carbonyl (C=O) groups excluding carboxylic acids is 2. The van der Waals surface area contributed by atoms with Crippen molar-refractivity contribution in [3.05, 3.63) is 53.7 Å². The number of benzene rings is 2. The summed E-state index contributed by atoms with van der Waals surface area (Å²) in [6, 6.07) is 7.97. The van der Waals surface area contributed by atoms with Crippen molar-refractivity contribution in [1.29, 1.82) is 0 Å². The number of alkyl halides is 1. The van der Waals surface area contributed by atoms with E-state index in [-0.39, 0.29) is 79.8 Å². The molecule has 15 heteroatoms. The molecular weight excluding hydrogens is 693 g/mol. The SMILES string of the molecule is CC(C)(C)OC(=O)N1CCN2CC(C1)OC(=O)OCCc1c(F)ccc3cccc(c13)-c1ncc3c2nc(OC[C@@]24CCCN2C[C@H](F)C4)nc3c1F. The van der Waals surface area contributed by atoms with Gasteiger partial charge < -0.3 is 28.7 Å². The molecule has 5 aliphatic heterocycles. The lowest BCUT2D eigenvalue weighted by molar-refractivity contribution is 0.000894. The average molecular weight is 735 g/mol. The molecule has 12 nitrogen and oxygen atoms in total. The molecule has 5 aliphatic rings. The second kappa shape index (κ2) is 13.5. The van der Waals surface area contributed by atoms with Crippen LogP contribution in [-0.2, 0) is 20.6 Å². The van der Waals surface area contributed by atoms with Crippen LogP contribution in [0.25, 0.3) is 32.9 Å². The third kappa shape index (κ3) is 6.75. The molecule has 9 rings (SSSR count). The Morgan fingerprint density at radius 1 is 1.08 bits per heavy atom. The van der Waals surface area contributed by atoms with Crippen LogP contribution in [0, 0.1) is 11.6 Å². The van der Waals surface area contributed by atoms with Gasteiger partial charge in [0.25, 0.3) is 0 Å². The smallest absolute Gasteiger partial charge is 0.461 e. The molecule has 3 saturated heterocycles. The number of aromatic nitrogens is 3. The third-order valence-electron chi connectivity index (χ3n) is 10.5. The van der Waals surface area contributed by atoms with E-state index in [9.17, 15) is 14.0 Å². The van der Waals surface area contributed by atoms with E-state index in [1.54, 1.807) is 49.9 Å². The standard InChI is InChI=1S/C38H41F3N6O6/c1-37(2,3)53-35(48)46-14-13-45-19-24(20-46)52-36(49)50-15-10-25-28(40)9-8-22-6-4-7-26(29(22)25)31-30(41)32-27(17-42-31)33(45)44-34(43-32)51-21-38-11-5-12-47(38)18-23(39)16-38/h4,6-9,17,23-24H,5,10-16,18-21H2,1-3H3/t23-,24?,38+/m1/s1. The summed E-state index contributed by atoms with van der Waals surface area (Å²) >= 11 is 0. The second-order valence-corrected chi connectivity index (χ2v) is 15.3. The molecule has 3 fully saturated rings. The Morgan fingerprint density at radius 2 is 1.92 bits per heavy atom. The lowest BCUT2D eigenvalue weighted by atomic mass is 9.94. The topological polar surface area (TPSA) is 119 Å². The zero-order chi connectivity index (χ0) is 37.1. The predicted molar refractivity (Wildman–Crippen MR) is 189 cm³/mol. The minimum Gasteiger partial charge on any atom is -0.461 e. The Hall–Kier alpha value is -4.92. The van der Waals surface area contributed by atoms with E-state index in [0.29, 0.717) is 29.3 Å². The highest BCUT2D eigenvalue weighted by Gasteiger charge is 2.49. The Kier molecular flexibility index (Phi) is 8.94. The predicted octanol–water partition coefficient (Wildman–Crippen LogP) is 6.21. The minimum atomic E-state index is -0.995. The van der Waals surface area contributed by atoms with Crippen LogP contribution < -0.4 is 9.64 Å². The van der Waals surface area contributed by atoms with Crippen molar-refractivity contribution >= 4 is 39.7 Å². The molecule has 0 N–H and O–H groups in total. The monoisotopic (exact) mass is 734 g/mol. The van der Waals surface area contributed by atoms with Crippen molar-refractivity contribution in [1.82, 2.24) is 24.8 Å². The van der Waals surface area contributed by atoms with Crippen LogP contribution in [0.4, 0.5) is 28.6 Å². The van der Waals surface area contributed by atoms with E-state index in [2.05, 4.69) is 14.9 Å². The highest BCUT2D eigenvalue weighted by Crippen LogP contribution is 2.41. The van der Waals surface area contributed by atoms with Crippen LogP contribution in [0.5, 0.6) is 6.01 Å². The fraction of sp³-hybridized carbons (Fsp3) is 0.500. The van der Waals surface area contributed by atoms with Crippen LogP contribution in [0.2, 0.25) is 0 Å². The average Bonchev–Trinajstić information content (AvgIpc) is 3.54.